The normalized spacial score (nSPS) is 28.7. The molecule has 130 valence electrons. The zero-order chi connectivity index (χ0) is 15.4. The molecular formula is C19H31ClN2O. The molecule has 1 saturated heterocycles. The minimum absolute atomic E-state index is 0. The third-order valence-electron chi connectivity index (χ3n) is 5.47. The third kappa shape index (κ3) is 4.48. The van der Waals surface area contributed by atoms with Gasteiger partial charge < -0.3 is 4.74 Å². The van der Waals surface area contributed by atoms with Crippen molar-refractivity contribution in [3.63, 3.8) is 0 Å². The Morgan fingerprint density at radius 3 is 2.43 bits per heavy atom. The van der Waals surface area contributed by atoms with Crippen LogP contribution in [0.15, 0.2) is 30.3 Å². The first kappa shape index (κ1) is 18.7. The summed E-state index contributed by atoms with van der Waals surface area (Å²) >= 11 is 0. The minimum atomic E-state index is 0. The summed E-state index contributed by atoms with van der Waals surface area (Å²) in [5, 5.41) is 0. The molecule has 3 rings (SSSR count). The molecular weight excluding hydrogens is 308 g/mol. The Morgan fingerprint density at radius 2 is 1.78 bits per heavy atom. The SMILES string of the molecule is COC1CCCC(N(C)Cc2ccccc2)C1N1CCCC1.Cl. The molecule has 1 heterocycles. The van der Waals surface area contributed by atoms with Gasteiger partial charge in [-0.2, -0.15) is 0 Å². The van der Waals surface area contributed by atoms with Gasteiger partial charge in [-0.05, 0) is 57.8 Å². The number of ether oxygens (including phenoxy) is 1. The van der Waals surface area contributed by atoms with Crippen LogP contribution in [0.3, 0.4) is 0 Å². The third-order valence-corrected chi connectivity index (χ3v) is 5.47. The number of likely N-dealkylation sites (N-methyl/N-ethyl adjacent to an activating group) is 1. The Bertz CT molecular complexity index is 448. The van der Waals surface area contributed by atoms with Crippen LogP contribution in [-0.4, -0.2) is 55.2 Å². The van der Waals surface area contributed by atoms with Gasteiger partial charge in [0.2, 0.25) is 0 Å². The van der Waals surface area contributed by atoms with Gasteiger partial charge >= 0.3 is 0 Å². The van der Waals surface area contributed by atoms with E-state index in [1.807, 2.05) is 7.11 Å². The molecule has 0 N–H and O–H groups in total. The maximum atomic E-state index is 5.88. The summed E-state index contributed by atoms with van der Waals surface area (Å²) in [7, 11) is 4.19. The summed E-state index contributed by atoms with van der Waals surface area (Å²) in [4.78, 5) is 5.25. The lowest BCUT2D eigenvalue weighted by Gasteiger charge is -2.46. The average molecular weight is 339 g/mol. The van der Waals surface area contributed by atoms with E-state index in [9.17, 15) is 0 Å². The Labute approximate surface area is 147 Å². The van der Waals surface area contributed by atoms with E-state index in [1.54, 1.807) is 0 Å². The molecule has 0 radical (unpaired) electrons. The minimum Gasteiger partial charge on any atom is -0.380 e. The van der Waals surface area contributed by atoms with Crippen molar-refractivity contribution in [3.05, 3.63) is 35.9 Å². The molecule has 3 nitrogen and oxygen atoms in total. The van der Waals surface area contributed by atoms with Crippen molar-refractivity contribution in [2.24, 2.45) is 0 Å². The van der Waals surface area contributed by atoms with Gasteiger partial charge in [-0.15, -0.1) is 12.4 Å². The van der Waals surface area contributed by atoms with Crippen LogP contribution < -0.4 is 0 Å². The van der Waals surface area contributed by atoms with Gasteiger partial charge in [0.25, 0.3) is 0 Å². The fourth-order valence-corrected chi connectivity index (χ4v) is 4.36. The molecule has 2 aliphatic rings. The second kappa shape index (κ2) is 9.03. The van der Waals surface area contributed by atoms with Crippen molar-refractivity contribution < 1.29 is 4.74 Å². The highest BCUT2D eigenvalue weighted by Crippen LogP contribution is 2.31. The smallest absolute Gasteiger partial charge is 0.0741 e. The number of hydrogen-bond acceptors (Lipinski definition) is 3. The number of halogens is 1. The lowest BCUT2D eigenvalue weighted by atomic mass is 9.85. The van der Waals surface area contributed by atoms with Gasteiger partial charge in [-0.3, -0.25) is 9.80 Å². The van der Waals surface area contributed by atoms with Crippen molar-refractivity contribution in [1.82, 2.24) is 9.80 Å². The molecule has 4 heteroatoms. The zero-order valence-corrected chi connectivity index (χ0v) is 15.3. The standard InChI is InChI=1S/C19H30N2O.ClH/c1-20(15-16-9-4-3-5-10-16)17-11-8-12-18(22-2)19(17)21-13-6-7-14-21;/h3-5,9-10,17-19H,6-8,11-15H2,1-2H3;1H. The first-order valence-corrected chi connectivity index (χ1v) is 8.80. The summed E-state index contributed by atoms with van der Waals surface area (Å²) < 4.78 is 5.88. The lowest BCUT2D eigenvalue weighted by molar-refractivity contribution is -0.0452. The Kier molecular flexibility index (Phi) is 7.35. The molecule has 1 aromatic rings. The number of nitrogens with zero attached hydrogens (tertiary/aromatic N) is 2. The predicted molar refractivity (Wildman–Crippen MR) is 98.2 cm³/mol. The number of methoxy groups -OCH3 is 1. The van der Waals surface area contributed by atoms with Crippen LogP contribution in [0.1, 0.15) is 37.7 Å². The van der Waals surface area contributed by atoms with Crippen molar-refractivity contribution in [1.29, 1.82) is 0 Å². The number of hydrogen-bond donors (Lipinski definition) is 0. The van der Waals surface area contributed by atoms with E-state index in [0.29, 0.717) is 18.2 Å². The molecule has 1 aliphatic heterocycles. The molecule has 1 aromatic carbocycles. The predicted octanol–water partition coefficient (Wildman–Crippen LogP) is 3.57. The van der Waals surface area contributed by atoms with Crippen LogP contribution in [0.25, 0.3) is 0 Å². The molecule has 1 aliphatic carbocycles. The van der Waals surface area contributed by atoms with E-state index < -0.39 is 0 Å². The van der Waals surface area contributed by atoms with Crippen LogP contribution in [0, 0.1) is 0 Å². The maximum Gasteiger partial charge on any atom is 0.0741 e. The van der Waals surface area contributed by atoms with Crippen LogP contribution in [0.5, 0.6) is 0 Å². The van der Waals surface area contributed by atoms with Crippen LogP contribution in [-0.2, 0) is 11.3 Å². The number of likely N-dealkylation sites (tertiary alicyclic amines) is 1. The summed E-state index contributed by atoms with van der Waals surface area (Å²) in [6, 6.07) is 12.0. The number of rotatable bonds is 5. The fourth-order valence-electron chi connectivity index (χ4n) is 4.36. The summed E-state index contributed by atoms with van der Waals surface area (Å²) in [6.45, 7) is 3.53. The zero-order valence-electron chi connectivity index (χ0n) is 14.5. The molecule has 0 amide bonds. The van der Waals surface area contributed by atoms with E-state index in [2.05, 4.69) is 47.2 Å². The van der Waals surface area contributed by atoms with Gasteiger partial charge in [0, 0.05) is 19.7 Å². The average Bonchev–Trinajstić information content (AvgIpc) is 3.09. The van der Waals surface area contributed by atoms with Gasteiger partial charge in [0.1, 0.15) is 0 Å². The molecule has 0 aromatic heterocycles. The first-order chi connectivity index (χ1) is 10.8. The number of benzene rings is 1. The van der Waals surface area contributed by atoms with Crippen LogP contribution >= 0.6 is 12.4 Å². The van der Waals surface area contributed by atoms with Crippen molar-refractivity contribution in [2.75, 3.05) is 27.2 Å². The van der Waals surface area contributed by atoms with E-state index in [4.69, 9.17) is 4.74 Å². The van der Waals surface area contributed by atoms with Crippen molar-refractivity contribution in [3.8, 4) is 0 Å². The van der Waals surface area contributed by atoms with Crippen LogP contribution in [0.2, 0.25) is 0 Å². The van der Waals surface area contributed by atoms with Crippen molar-refractivity contribution in [2.45, 2.75) is 56.8 Å². The molecule has 0 spiro atoms. The molecule has 3 unspecified atom stereocenters. The van der Waals surface area contributed by atoms with Gasteiger partial charge in [-0.1, -0.05) is 30.3 Å². The summed E-state index contributed by atoms with van der Waals surface area (Å²) in [5.41, 5.74) is 1.41. The van der Waals surface area contributed by atoms with E-state index in [1.165, 1.54) is 50.8 Å². The fraction of sp³-hybridized carbons (Fsp3) is 0.684. The Hall–Kier alpha value is -0.610. The molecule has 0 bridgehead atoms. The monoisotopic (exact) mass is 338 g/mol. The Morgan fingerprint density at radius 1 is 1.09 bits per heavy atom. The second-order valence-electron chi connectivity index (χ2n) is 6.91. The molecule has 2 fully saturated rings. The molecule has 1 saturated carbocycles. The van der Waals surface area contributed by atoms with Gasteiger partial charge in [0.15, 0.2) is 0 Å². The Balaban J connectivity index is 0.00000192. The van der Waals surface area contributed by atoms with E-state index >= 15 is 0 Å². The van der Waals surface area contributed by atoms with E-state index in [0.717, 1.165) is 6.54 Å². The lowest BCUT2D eigenvalue weighted by Crippen LogP contribution is -2.57. The highest BCUT2D eigenvalue weighted by molar-refractivity contribution is 5.85. The van der Waals surface area contributed by atoms with E-state index in [-0.39, 0.29) is 12.4 Å². The first-order valence-electron chi connectivity index (χ1n) is 8.80. The molecule has 23 heavy (non-hydrogen) atoms. The van der Waals surface area contributed by atoms with Crippen molar-refractivity contribution >= 4 is 12.4 Å². The highest BCUT2D eigenvalue weighted by atomic mass is 35.5. The quantitative estimate of drug-likeness (QED) is 0.816. The topological polar surface area (TPSA) is 15.7 Å². The summed E-state index contributed by atoms with van der Waals surface area (Å²) in [5.74, 6) is 0. The summed E-state index contributed by atoms with van der Waals surface area (Å²) in [6.07, 6.45) is 6.89. The van der Waals surface area contributed by atoms with Crippen LogP contribution in [0.4, 0.5) is 0 Å². The maximum absolute atomic E-state index is 5.88. The van der Waals surface area contributed by atoms with Gasteiger partial charge in [-0.25, -0.2) is 0 Å². The second-order valence-corrected chi connectivity index (χ2v) is 6.91. The highest BCUT2D eigenvalue weighted by Gasteiger charge is 2.40. The molecule has 3 atom stereocenters. The largest absolute Gasteiger partial charge is 0.380 e. The van der Waals surface area contributed by atoms with Gasteiger partial charge in [0.05, 0.1) is 12.1 Å².